The summed E-state index contributed by atoms with van der Waals surface area (Å²) in [4.78, 5) is 2.42. The minimum Gasteiger partial charge on any atom is -0.379 e. The molecule has 0 spiro atoms. The maximum atomic E-state index is 5.49. The van der Waals surface area contributed by atoms with Gasteiger partial charge < -0.3 is 15.4 Å². The van der Waals surface area contributed by atoms with E-state index in [1.54, 1.807) is 5.56 Å². The summed E-state index contributed by atoms with van der Waals surface area (Å²) in [6, 6.07) is 9.19. The van der Waals surface area contributed by atoms with Crippen molar-refractivity contribution >= 4 is 23.0 Å². The fourth-order valence-electron chi connectivity index (χ4n) is 6.70. The highest BCUT2D eigenvalue weighted by molar-refractivity contribution is 7.80. The van der Waals surface area contributed by atoms with Crippen LogP contribution in [-0.2, 0) is 10.2 Å². The van der Waals surface area contributed by atoms with Crippen molar-refractivity contribution in [1.29, 1.82) is 0 Å². The molecule has 4 bridgehead atoms. The molecule has 5 aliphatic rings. The van der Waals surface area contributed by atoms with Crippen LogP contribution in [0.2, 0.25) is 0 Å². The van der Waals surface area contributed by atoms with Crippen molar-refractivity contribution in [2.45, 2.75) is 43.9 Å². The summed E-state index contributed by atoms with van der Waals surface area (Å²) in [7, 11) is 0. The monoisotopic (exact) mass is 399 g/mol. The molecule has 0 unspecified atom stereocenters. The van der Waals surface area contributed by atoms with Gasteiger partial charge in [0.2, 0.25) is 0 Å². The van der Waals surface area contributed by atoms with E-state index in [-0.39, 0.29) is 0 Å². The van der Waals surface area contributed by atoms with Crippen molar-refractivity contribution in [1.82, 2.24) is 10.2 Å². The number of benzene rings is 1. The van der Waals surface area contributed by atoms with E-state index in [1.807, 2.05) is 0 Å². The van der Waals surface area contributed by atoms with Gasteiger partial charge in [0.15, 0.2) is 5.11 Å². The predicted molar refractivity (Wildman–Crippen MR) is 118 cm³/mol. The number of rotatable bonds is 5. The number of thiocarbonyl (C=S) groups is 1. The maximum Gasteiger partial charge on any atom is 0.170 e. The summed E-state index contributed by atoms with van der Waals surface area (Å²) >= 11 is 5.49. The second-order valence-electron chi connectivity index (χ2n) is 9.61. The quantitative estimate of drug-likeness (QED) is 0.737. The van der Waals surface area contributed by atoms with Crippen LogP contribution in [-0.4, -0.2) is 49.4 Å². The minimum absolute atomic E-state index is 0.476. The predicted octanol–water partition coefficient (Wildman–Crippen LogP) is 3.77. The van der Waals surface area contributed by atoms with Gasteiger partial charge in [-0.1, -0.05) is 12.1 Å². The van der Waals surface area contributed by atoms with Crippen LogP contribution < -0.4 is 10.6 Å². The van der Waals surface area contributed by atoms with Gasteiger partial charge in [-0.3, -0.25) is 4.90 Å². The van der Waals surface area contributed by atoms with Gasteiger partial charge in [-0.2, -0.15) is 0 Å². The average molecular weight is 400 g/mol. The number of anilines is 1. The summed E-state index contributed by atoms with van der Waals surface area (Å²) < 4.78 is 5.39. The molecule has 1 aliphatic heterocycles. The Kier molecular flexibility index (Phi) is 5.33. The van der Waals surface area contributed by atoms with Gasteiger partial charge >= 0.3 is 0 Å². The molecule has 2 N–H and O–H groups in total. The highest BCUT2D eigenvalue weighted by Crippen LogP contribution is 2.60. The molecule has 152 valence electrons. The van der Waals surface area contributed by atoms with Crippen LogP contribution in [0.4, 0.5) is 5.69 Å². The lowest BCUT2D eigenvalue weighted by atomic mass is 9.48. The zero-order valence-electron chi connectivity index (χ0n) is 16.8. The van der Waals surface area contributed by atoms with E-state index in [4.69, 9.17) is 17.0 Å². The summed E-state index contributed by atoms with van der Waals surface area (Å²) in [5.41, 5.74) is 3.14. The third-order valence-corrected chi connectivity index (χ3v) is 7.86. The fourth-order valence-corrected chi connectivity index (χ4v) is 6.92. The summed E-state index contributed by atoms with van der Waals surface area (Å²) in [5.74, 6) is 2.98. The molecule has 0 radical (unpaired) electrons. The Morgan fingerprint density at radius 3 is 2.21 bits per heavy atom. The van der Waals surface area contributed by atoms with E-state index in [2.05, 4.69) is 39.8 Å². The zero-order valence-corrected chi connectivity index (χ0v) is 17.6. The molecule has 1 heterocycles. The molecule has 4 saturated carbocycles. The van der Waals surface area contributed by atoms with Gasteiger partial charge in [0.05, 0.1) is 13.2 Å². The molecule has 0 atom stereocenters. The Bertz CT molecular complexity index is 663. The number of nitrogens with zero attached hydrogens (tertiary/aromatic N) is 1. The zero-order chi connectivity index (χ0) is 19.0. The molecule has 4 aliphatic carbocycles. The lowest BCUT2D eigenvalue weighted by molar-refractivity contribution is -0.00518. The molecular weight excluding hydrogens is 366 g/mol. The standard InChI is InChI=1S/C23H33N3OS/c28-22(24-5-6-26-7-9-27-10-8-26)25-21-3-1-20(2-4-21)23-14-17-11-18(15-23)13-19(12-17)16-23/h1-4,17-19H,5-16H2,(H2,24,25,28). The number of nitrogens with one attached hydrogen (secondary N) is 2. The minimum atomic E-state index is 0.476. The average Bonchev–Trinajstić information content (AvgIpc) is 2.68. The van der Waals surface area contributed by atoms with Crippen LogP contribution in [0.15, 0.2) is 24.3 Å². The first kappa shape index (κ1) is 18.8. The topological polar surface area (TPSA) is 36.5 Å². The van der Waals surface area contributed by atoms with E-state index < -0.39 is 0 Å². The second kappa shape index (κ2) is 7.92. The van der Waals surface area contributed by atoms with Crippen molar-refractivity contribution in [2.24, 2.45) is 17.8 Å². The molecule has 1 saturated heterocycles. The maximum absolute atomic E-state index is 5.49. The SMILES string of the molecule is S=C(NCCN1CCOCC1)Nc1ccc(C23CC4CC(CC(C4)C2)C3)cc1. The van der Waals surface area contributed by atoms with Gasteiger partial charge in [-0.05, 0) is 91.6 Å². The molecule has 6 rings (SSSR count). The first-order valence-corrected chi connectivity index (χ1v) is 11.5. The molecule has 5 heteroatoms. The van der Waals surface area contributed by atoms with E-state index in [1.165, 1.54) is 38.5 Å². The van der Waals surface area contributed by atoms with E-state index in [0.29, 0.717) is 5.41 Å². The molecule has 0 amide bonds. The number of ether oxygens (including phenoxy) is 1. The smallest absolute Gasteiger partial charge is 0.170 e. The van der Waals surface area contributed by atoms with Crippen molar-refractivity contribution in [3.63, 3.8) is 0 Å². The first-order chi connectivity index (χ1) is 13.7. The van der Waals surface area contributed by atoms with Crippen LogP contribution >= 0.6 is 12.2 Å². The largest absolute Gasteiger partial charge is 0.379 e. The Hall–Kier alpha value is -1.17. The van der Waals surface area contributed by atoms with E-state index in [9.17, 15) is 0 Å². The van der Waals surface area contributed by atoms with Crippen LogP contribution in [0.3, 0.4) is 0 Å². The Labute approximate surface area is 174 Å². The Morgan fingerprint density at radius 1 is 1.00 bits per heavy atom. The summed E-state index contributed by atoms with van der Waals surface area (Å²) in [6.45, 7) is 5.62. The highest BCUT2D eigenvalue weighted by Gasteiger charge is 2.51. The molecule has 28 heavy (non-hydrogen) atoms. The lowest BCUT2D eigenvalue weighted by Crippen LogP contribution is -2.48. The van der Waals surface area contributed by atoms with Crippen LogP contribution in [0.25, 0.3) is 0 Å². The Morgan fingerprint density at radius 2 is 1.61 bits per heavy atom. The van der Waals surface area contributed by atoms with Crippen molar-refractivity contribution in [3.05, 3.63) is 29.8 Å². The van der Waals surface area contributed by atoms with Crippen molar-refractivity contribution in [3.8, 4) is 0 Å². The van der Waals surface area contributed by atoms with Crippen LogP contribution in [0.5, 0.6) is 0 Å². The van der Waals surface area contributed by atoms with Crippen LogP contribution in [0, 0.1) is 17.8 Å². The molecule has 1 aromatic rings. The fraction of sp³-hybridized carbons (Fsp3) is 0.696. The molecule has 5 fully saturated rings. The van der Waals surface area contributed by atoms with Crippen molar-refractivity contribution < 1.29 is 4.74 Å². The van der Waals surface area contributed by atoms with Gasteiger partial charge in [0.1, 0.15) is 0 Å². The van der Waals surface area contributed by atoms with Gasteiger partial charge in [-0.15, -0.1) is 0 Å². The Balaban J connectivity index is 1.14. The number of hydrogen-bond acceptors (Lipinski definition) is 3. The second-order valence-corrected chi connectivity index (χ2v) is 10.0. The molecule has 0 aromatic heterocycles. The third-order valence-electron chi connectivity index (χ3n) is 7.61. The molecule has 1 aromatic carbocycles. The van der Waals surface area contributed by atoms with Gasteiger partial charge in [0, 0.05) is 31.9 Å². The van der Waals surface area contributed by atoms with E-state index in [0.717, 1.165) is 67.9 Å². The van der Waals surface area contributed by atoms with Gasteiger partial charge in [-0.25, -0.2) is 0 Å². The number of hydrogen-bond donors (Lipinski definition) is 2. The summed E-state index contributed by atoms with van der Waals surface area (Å²) in [5, 5.41) is 7.42. The highest BCUT2D eigenvalue weighted by atomic mass is 32.1. The van der Waals surface area contributed by atoms with Crippen molar-refractivity contribution in [2.75, 3.05) is 44.7 Å². The molecular formula is C23H33N3OS. The summed E-state index contributed by atoms with van der Waals surface area (Å²) in [6.07, 6.45) is 8.78. The first-order valence-electron chi connectivity index (χ1n) is 11.1. The van der Waals surface area contributed by atoms with E-state index >= 15 is 0 Å². The lowest BCUT2D eigenvalue weighted by Gasteiger charge is -2.57. The van der Waals surface area contributed by atoms with Crippen LogP contribution in [0.1, 0.15) is 44.1 Å². The molecule has 4 nitrogen and oxygen atoms in total. The number of morpholine rings is 1. The third kappa shape index (κ3) is 3.94. The van der Waals surface area contributed by atoms with Gasteiger partial charge in [0.25, 0.3) is 0 Å². The normalized spacial score (nSPS) is 34.4.